The van der Waals surface area contributed by atoms with Crippen molar-refractivity contribution in [1.29, 1.82) is 5.26 Å². The number of nitrogens with one attached hydrogen (secondary N) is 2. The minimum atomic E-state index is -0.784. The highest BCUT2D eigenvalue weighted by atomic mass is 35.5. The fourth-order valence-corrected chi connectivity index (χ4v) is 9.78. The number of aromatic nitrogens is 2. The summed E-state index contributed by atoms with van der Waals surface area (Å²) in [4.78, 5) is 57.8. The number of benzene rings is 3. The smallest absolute Gasteiger partial charge is 0.275 e. The number of amides is 3. The molecule has 57 heavy (non-hydrogen) atoms. The van der Waals surface area contributed by atoms with Crippen molar-refractivity contribution in [2.24, 2.45) is 16.7 Å². The molecule has 3 amide bonds. The number of fused-ring (bicyclic) bond motifs is 1. The predicted octanol–water partition coefficient (Wildman–Crippen LogP) is 4.77. The molecule has 1 aromatic heterocycles. The van der Waals surface area contributed by atoms with Crippen molar-refractivity contribution in [3.63, 3.8) is 0 Å². The summed E-state index contributed by atoms with van der Waals surface area (Å²) in [5.74, 6) is 0.237. The van der Waals surface area contributed by atoms with Crippen LogP contribution < -0.4 is 30.7 Å². The fourth-order valence-electron chi connectivity index (χ4n) is 9.57. The second kappa shape index (κ2) is 14.8. The third kappa shape index (κ3) is 7.21. The minimum Gasteiger partial charge on any atom is -0.489 e. The van der Waals surface area contributed by atoms with E-state index in [0.717, 1.165) is 62.6 Å². The van der Waals surface area contributed by atoms with Crippen molar-refractivity contribution in [2.75, 3.05) is 55.6 Å². The van der Waals surface area contributed by atoms with Crippen molar-refractivity contribution >= 4 is 51.5 Å². The van der Waals surface area contributed by atoms with E-state index < -0.39 is 11.9 Å². The number of nitriles is 1. The Labute approximate surface area is 336 Å². The Kier molecular flexibility index (Phi) is 9.98. The number of hydrogen-bond acceptors (Lipinski definition) is 10. The summed E-state index contributed by atoms with van der Waals surface area (Å²) >= 11 is 6.25. The number of nitrogens with zero attached hydrogens (tertiary/aromatic N) is 6. The van der Waals surface area contributed by atoms with Gasteiger partial charge in [0.15, 0.2) is 0 Å². The van der Waals surface area contributed by atoms with E-state index in [9.17, 15) is 24.4 Å². The maximum absolute atomic E-state index is 13.5. The van der Waals surface area contributed by atoms with E-state index >= 15 is 0 Å². The molecule has 4 fully saturated rings. The number of hydrogen-bond donors (Lipinski definition) is 2. The van der Waals surface area contributed by atoms with Crippen LogP contribution in [-0.2, 0) is 9.59 Å². The van der Waals surface area contributed by atoms with Crippen LogP contribution >= 0.6 is 11.6 Å². The molecule has 2 N–H and O–H groups in total. The average molecular weight is 791 g/mol. The van der Waals surface area contributed by atoms with Crippen LogP contribution in [0.4, 0.5) is 11.4 Å². The fraction of sp³-hybridized carbons (Fsp3) is 0.442. The van der Waals surface area contributed by atoms with Crippen LogP contribution in [0.25, 0.3) is 10.8 Å². The molecule has 1 unspecified atom stereocenters. The van der Waals surface area contributed by atoms with E-state index in [1.165, 1.54) is 4.68 Å². The molecule has 4 aromatic rings. The zero-order valence-electron chi connectivity index (χ0n) is 32.6. The number of anilines is 2. The van der Waals surface area contributed by atoms with Gasteiger partial charge >= 0.3 is 0 Å². The van der Waals surface area contributed by atoms with Crippen LogP contribution in [0.2, 0.25) is 5.02 Å². The van der Waals surface area contributed by atoms with E-state index in [2.05, 4.69) is 64.2 Å². The van der Waals surface area contributed by atoms with E-state index in [0.29, 0.717) is 33.2 Å². The summed E-state index contributed by atoms with van der Waals surface area (Å²) in [5, 5.41) is 20.7. The summed E-state index contributed by atoms with van der Waals surface area (Å²) in [6.45, 7) is 15.0. The molecular formula is C43H47ClN8O5. The molecule has 3 saturated heterocycles. The number of piperazine rings is 1. The highest BCUT2D eigenvalue weighted by Crippen LogP contribution is 2.55. The first-order valence-electron chi connectivity index (χ1n) is 19.6. The first-order valence-corrected chi connectivity index (χ1v) is 20.0. The van der Waals surface area contributed by atoms with E-state index in [-0.39, 0.29) is 53.2 Å². The molecule has 4 heterocycles. The van der Waals surface area contributed by atoms with Crippen LogP contribution in [-0.4, -0.2) is 90.4 Å². The van der Waals surface area contributed by atoms with Gasteiger partial charge < -0.3 is 19.9 Å². The lowest BCUT2D eigenvalue weighted by Crippen LogP contribution is -2.74. The Bertz CT molecular complexity index is 2320. The van der Waals surface area contributed by atoms with Crippen LogP contribution in [0, 0.1) is 28.1 Å². The lowest BCUT2D eigenvalue weighted by atomic mass is 9.49. The lowest BCUT2D eigenvalue weighted by Gasteiger charge is -2.63. The molecule has 1 aliphatic carbocycles. The number of ether oxygens (including phenoxy) is 1. The zero-order valence-corrected chi connectivity index (χ0v) is 33.4. The first-order chi connectivity index (χ1) is 27.2. The summed E-state index contributed by atoms with van der Waals surface area (Å²) < 4.78 is 7.57. The maximum atomic E-state index is 13.5. The van der Waals surface area contributed by atoms with Crippen molar-refractivity contribution in [2.45, 2.75) is 58.7 Å². The molecule has 0 radical (unpaired) electrons. The van der Waals surface area contributed by atoms with Crippen molar-refractivity contribution in [3.8, 4) is 11.8 Å². The Balaban J connectivity index is 0.796. The molecule has 1 saturated carbocycles. The summed E-state index contributed by atoms with van der Waals surface area (Å²) in [6.07, 6.45) is 1.90. The van der Waals surface area contributed by atoms with Crippen LogP contribution in [0.1, 0.15) is 62.5 Å². The standard InChI is InChI=1S/C43H47ClN8O5/c1-42(2)40(43(3,4)41(42)57-32-11-7-28(21-45)34(44)20-32)48-37(54)27-5-8-30(9-6-27)51-24-26(25-51)23-49-15-17-50(18-16-49)31-10-12-33-29(19-31)22-46-52(39(33)56)35-13-14-36(53)47-38(35)55/h5-12,19-20,22,26,35,40-41H,13-18,23-25H2,1-4H3,(H,48,54)(H,47,53,55)/t35?,40-,41-. The van der Waals surface area contributed by atoms with E-state index in [1.807, 2.05) is 42.5 Å². The van der Waals surface area contributed by atoms with Gasteiger partial charge in [0, 0.05) is 103 Å². The van der Waals surface area contributed by atoms with E-state index in [1.54, 1.807) is 24.4 Å². The van der Waals surface area contributed by atoms with Crippen LogP contribution in [0.5, 0.6) is 5.75 Å². The van der Waals surface area contributed by atoms with Gasteiger partial charge in [-0.3, -0.25) is 29.4 Å². The predicted molar refractivity (Wildman–Crippen MR) is 218 cm³/mol. The topological polar surface area (TPSA) is 153 Å². The van der Waals surface area contributed by atoms with Gasteiger partial charge in [0.25, 0.3) is 17.4 Å². The molecule has 8 rings (SSSR count). The molecule has 3 aliphatic heterocycles. The van der Waals surface area contributed by atoms with Gasteiger partial charge in [0.2, 0.25) is 5.91 Å². The van der Waals surface area contributed by atoms with Crippen molar-refractivity contribution in [3.05, 3.63) is 93.4 Å². The Morgan fingerprint density at radius 3 is 2.32 bits per heavy atom. The normalized spacial score (nSPS) is 23.3. The zero-order chi connectivity index (χ0) is 40.2. The molecule has 13 nitrogen and oxygen atoms in total. The quantitative estimate of drug-likeness (QED) is 0.227. The molecule has 0 spiro atoms. The van der Waals surface area contributed by atoms with Gasteiger partial charge in [-0.2, -0.15) is 10.4 Å². The molecule has 0 bridgehead atoms. The number of carbonyl (C=O) groups excluding carboxylic acids is 3. The number of halogens is 1. The van der Waals surface area contributed by atoms with Gasteiger partial charge in [-0.1, -0.05) is 39.3 Å². The highest BCUT2D eigenvalue weighted by Gasteiger charge is 2.64. The molecule has 14 heteroatoms. The monoisotopic (exact) mass is 790 g/mol. The first kappa shape index (κ1) is 38.4. The number of rotatable bonds is 9. The van der Waals surface area contributed by atoms with Gasteiger partial charge in [-0.05, 0) is 61.0 Å². The Morgan fingerprint density at radius 2 is 1.65 bits per heavy atom. The average Bonchev–Trinajstić information content (AvgIpc) is 3.17. The van der Waals surface area contributed by atoms with Crippen molar-refractivity contribution < 1.29 is 19.1 Å². The Hall–Kier alpha value is -5.45. The van der Waals surface area contributed by atoms with Crippen LogP contribution in [0.15, 0.2) is 71.7 Å². The number of piperidine rings is 1. The minimum absolute atomic E-state index is 0.110. The van der Waals surface area contributed by atoms with Crippen LogP contribution in [0.3, 0.4) is 0 Å². The third-order valence-corrected chi connectivity index (χ3v) is 12.7. The SMILES string of the molecule is CC1(C)[C@H](NC(=O)c2ccc(N3CC(CN4CCN(c5ccc6c(=O)n(C7CCC(=O)NC7=O)ncc6c5)CC4)C3)cc2)C(C)(C)[C@H]1Oc1ccc(C#N)c(Cl)c1. The number of carbonyl (C=O) groups is 3. The summed E-state index contributed by atoms with van der Waals surface area (Å²) in [6, 6.07) is 19.9. The van der Waals surface area contributed by atoms with Gasteiger partial charge in [-0.25, -0.2) is 4.68 Å². The van der Waals surface area contributed by atoms with E-state index in [4.69, 9.17) is 16.3 Å². The van der Waals surface area contributed by atoms with Gasteiger partial charge in [0.1, 0.15) is 24.0 Å². The Morgan fingerprint density at radius 1 is 0.947 bits per heavy atom. The molecule has 4 aliphatic rings. The lowest BCUT2D eigenvalue weighted by molar-refractivity contribution is -0.164. The largest absolute Gasteiger partial charge is 0.489 e. The highest BCUT2D eigenvalue weighted by molar-refractivity contribution is 6.31. The molecular weight excluding hydrogens is 744 g/mol. The second-order valence-corrected chi connectivity index (χ2v) is 17.4. The summed E-state index contributed by atoms with van der Waals surface area (Å²) in [7, 11) is 0. The van der Waals surface area contributed by atoms with Gasteiger partial charge in [-0.15, -0.1) is 0 Å². The molecule has 296 valence electrons. The van der Waals surface area contributed by atoms with Gasteiger partial charge in [0.05, 0.1) is 22.2 Å². The second-order valence-electron chi connectivity index (χ2n) is 17.0. The molecule has 1 atom stereocenters. The third-order valence-electron chi connectivity index (χ3n) is 12.4. The van der Waals surface area contributed by atoms with Crippen molar-refractivity contribution in [1.82, 2.24) is 25.3 Å². The molecule has 3 aromatic carbocycles. The maximum Gasteiger partial charge on any atom is 0.275 e. The number of imide groups is 1. The summed E-state index contributed by atoms with van der Waals surface area (Å²) in [5.41, 5.74) is 2.15.